The van der Waals surface area contributed by atoms with Crippen molar-refractivity contribution in [3.05, 3.63) is 28.1 Å². The molecule has 1 aromatic rings. The summed E-state index contributed by atoms with van der Waals surface area (Å²) in [5.41, 5.74) is 7.84. The van der Waals surface area contributed by atoms with Gasteiger partial charge in [-0.15, -0.1) is 0 Å². The molecule has 0 spiro atoms. The Labute approximate surface area is 106 Å². The van der Waals surface area contributed by atoms with Crippen molar-refractivity contribution in [2.75, 3.05) is 0 Å². The lowest BCUT2D eigenvalue weighted by Gasteiger charge is -2.19. The molecular formula is C16H25N. The van der Waals surface area contributed by atoms with Crippen LogP contribution in [0.15, 0.2) is 0 Å². The highest BCUT2D eigenvalue weighted by Gasteiger charge is 2.34. The SMILES string of the molecule is CC.Cc1c2c(nc3c1CCC3(C)C)CCC2. The van der Waals surface area contributed by atoms with Crippen molar-refractivity contribution in [2.45, 2.75) is 72.1 Å². The van der Waals surface area contributed by atoms with Gasteiger partial charge in [-0.2, -0.15) is 0 Å². The number of nitrogens with zero attached hydrogens (tertiary/aromatic N) is 1. The number of aromatic nitrogens is 1. The van der Waals surface area contributed by atoms with Crippen LogP contribution in [0.25, 0.3) is 0 Å². The van der Waals surface area contributed by atoms with E-state index in [1.165, 1.54) is 43.5 Å². The normalized spacial score (nSPS) is 19.4. The van der Waals surface area contributed by atoms with E-state index in [1.54, 1.807) is 16.7 Å². The van der Waals surface area contributed by atoms with E-state index in [0.29, 0.717) is 5.41 Å². The summed E-state index contributed by atoms with van der Waals surface area (Å²) >= 11 is 0. The summed E-state index contributed by atoms with van der Waals surface area (Å²) < 4.78 is 0. The number of hydrogen-bond acceptors (Lipinski definition) is 1. The molecule has 0 amide bonds. The van der Waals surface area contributed by atoms with Gasteiger partial charge in [0.05, 0.1) is 0 Å². The van der Waals surface area contributed by atoms with E-state index < -0.39 is 0 Å². The molecule has 2 aliphatic carbocycles. The predicted molar refractivity (Wildman–Crippen MR) is 73.7 cm³/mol. The summed E-state index contributed by atoms with van der Waals surface area (Å²) in [5, 5.41) is 0. The van der Waals surface area contributed by atoms with Gasteiger partial charge in [-0.25, -0.2) is 0 Å². The van der Waals surface area contributed by atoms with Crippen LogP contribution in [-0.4, -0.2) is 4.98 Å². The monoisotopic (exact) mass is 231 g/mol. The first kappa shape index (κ1) is 12.6. The molecule has 17 heavy (non-hydrogen) atoms. The molecule has 0 radical (unpaired) electrons. The Hall–Kier alpha value is -0.850. The summed E-state index contributed by atoms with van der Waals surface area (Å²) in [7, 11) is 0. The molecule has 0 aromatic carbocycles. The van der Waals surface area contributed by atoms with Gasteiger partial charge in [0.2, 0.25) is 0 Å². The molecule has 1 heterocycles. The Balaban J connectivity index is 0.000000514. The zero-order valence-electron chi connectivity index (χ0n) is 12.0. The lowest BCUT2D eigenvalue weighted by Crippen LogP contribution is -2.15. The highest BCUT2D eigenvalue weighted by molar-refractivity contribution is 5.46. The third kappa shape index (κ3) is 1.90. The molecule has 0 bridgehead atoms. The minimum atomic E-state index is 0.317. The Morgan fingerprint density at radius 1 is 1.00 bits per heavy atom. The van der Waals surface area contributed by atoms with Gasteiger partial charge < -0.3 is 0 Å². The topological polar surface area (TPSA) is 12.9 Å². The zero-order valence-corrected chi connectivity index (χ0v) is 12.0. The molecule has 0 saturated heterocycles. The van der Waals surface area contributed by atoms with Crippen LogP contribution in [0.2, 0.25) is 0 Å². The van der Waals surface area contributed by atoms with Crippen molar-refractivity contribution in [1.29, 1.82) is 0 Å². The fourth-order valence-electron chi connectivity index (χ4n) is 3.24. The van der Waals surface area contributed by atoms with Crippen molar-refractivity contribution in [3.8, 4) is 0 Å². The molecule has 2 aliphatic rings. The van der Waals surface area contributed by atoms with E-state index in [9.17, 15) is 0 Å². The van der Waals surface area contributed by atoms with Crippen molar-refractivity contribution in [1.82, 2.24) is 4.98 Å². The lowest BCUT2D eigenvalue weighted by molar-refractivity contribution is 0.508. The van der Waals surface area contributed by atoms with Crippen LogP contribution in [0.4, 0.5) is 0 Å². The van der Waals surface area contributed by atoms with Gasteiger partial charge in [-0.05, 0) is 55.7 Å². The minimum absolute atomic E-state index is 0.317. The van der Waals surface area contributed by atoms with Crippen LogP contribution in [-0.2, 0) is 24.7 Å². The van der Waals surface area contributed by atoms with E-state index in [0.717, 1.165) is 0 Å². The number of rotatable bonds is 0. The average molecular weight is 231 g/mol. The van der Waals surface area contributed by atoms with Gasteiger partial charge in [-0.1, -0.05) is 27.7 Å². The maximum Gasteiger partial charge on any atom is 0.0498 e. The fourth-order valence-corrected chi connectivity index (χ4v) is 3.24. The van der Waals surface area contributed by atoms with Crippen LogP contribution >= 0.6 is 0 Å². The minimum Gasteiger partial charge on any atom is -0.257 e. The van der Waals surface area contributed by atoms with Gasteiger partial charge >= 0.3 is 0 Å². The number of pyridine rings is 1. The van der Waals surface area contributed by atoms with Crippen LogP contribution in [0.3, 0.4) is 0 Å². The third-order valence-electron chi connectivity index (χ3n) is 4.27. The first-order chi connectivity index (χ1) is 8.09. The van der Waals surface area contributed by atoms with E-state index in [2.05, 4.69) is 20.8 Å². The number of aryl methyl sites for hydroxylation is 1. The molecule has 0 N–H and O–H groups in total. The smallest absolute Gasteiger partial charge is 0.0498 e. The maximum atomic E-state index is 4.95. The molecule has 1 heteroatoms. The quantitative estimate of drug-likeness (QED) is 0.654. The van der Waals surface area contributed by atoms with Crippen molar-refractivity contribution in [3.63, 3.8) is 0 Å². The first-order valence-corrected chi connectivity index (χ1v) is 7.11. The lowest BCUT2D eigenvalue weighted by atomic mass is 9.89. The van der Waals surface area contributed by atoms with E-state index >= 15 is 0 Å². The van der Waals surface area contributed by atoms with Crippen LogP contribution in [0.1, 0.15) is 68.6 Å². The molecule has 1 nitrogen and oxygen atoms in total. The highest BCUT2D eigenvalue weighted by Crippen LogP contribution is 2.41. The van der Waals surface area contributed by atoms with Crippen LogP contribution < -0.4 is 0 Å². The predicted octanol–water partition coefficient (Wildman–Crippen LogP) is 4.13. The van der Waals surface area contributed by atoms with Crippen LogP contribution in [0, 0.1) is 6.92 Å². The van der Waals surface area contributed by atoms with E-state index in [4.69, 9.17) is 4.98 Å². The summed E-state index contributed by atoms with van der Waals surface area (Å²) in [6, 6.07) is 0. The number of fused-ring (bicyclic) bond motifs is 2. The maximum absolute atomic E-state index is 4.95. The summed E-state index contributed by atoms with van der Waals surface area (Å²) in [6.45, 7) is 11.0. The largest absolute Gasteiger partial charge is 0.257 e. The van der Waals surface area contributed by atoms with Gasteiger partial charge in [0.15, 0.2) is 0 Å². The summed E-state index contributed by atoms with van der Waals surface area (Å²) in [5.74, 6) is 0. The Kier molecular flexibility index (Phi) is 3.29. The Morgan fingerprint density at radius 3 is 2.41 bits per heavy atom. The molecule has 3 rings (SSSR count). The third-order valence-corrected chi connectivity index (χ3v) is 4.27. The van der Waals surface area contributed by atoms with Gasteiger partial charge in [-0.3, -0.25) is 4.98 Å². The summed E-state index contributed by atoms with van der Waals surface area (Å²) in [6.07, 6.45) is 6.31. The molecular weight excluding hydrogens is 206 g/mol. The second-order valence-electron chi connectivity index (χ2n) is 5.73. The molecule has 0 unspecified atom stereocenters. The second kappa shape index (κ2) is 4.44. The second-order valence-corrected chi connectivity index (χ2v) is 5.73. The highest BCUT2D eigenvalue weighted by atomic mass is 14.8. The van der Waals surface area contributed by atoms with E-state index in [-0.39, 0.29) is 0 Å². The van der Waals surface area contributed by atoms with Gasteiger partial charge in [0.1, 0.15) is 0 Å². The molecule has 0 atom stereocenters. The molecule has 0 fully saturated rings. The Bertz CT molecular complexity index is 430. The first-order valence-electron chi connectivity index (χ1n) is 7.11. The van der Waals surface area contributed by atoms with Crippen molar-refractivity contribution < 1.29 is 0 Å². The van der Waals surface area contributed by atoms with Crippen molar-refractivity contribution in [2.24, 2.45) is 0 Å². The molecule has 94 valence electrons. The fraction of sp³-hybridized carbons (Fsp3) is 0.688. The van der Waals surface area contributed by atoms with Gasteiger partial charge in [0, 0.05) is 16.8 Å². The standard InChI is InChI=1S/C14H19N.C2H6/c1-9-10-5-4-6-12(10)15-13-11(9)7-8-14(13,2)3;1-2/h4-8H2,1-3H3;1-2H3. The average Bonchev–Trinajstić information content (AvgIpc) is 2.88. The van der Waals surface area contributed by atoms with Crippen LogP contribution in [0.5, 0.6) is 0 Å². The molecule has 0 aliphatic heterocycles. The summed E-state index contributed by atoms with van der Waals surface area (Å²) in [4.78, 5) is 4.95. The van der Waals surface area contributed by atoms with E-state index in [1.807, 2.05) is 13.8 Å². The zero-order chi connectivity index (χ0) is 12.6. The molecule has 1 aromatic heterocycles. The number of hydrogen-bond donors (Lipinski definition) is 0. The van der Waals surface area contributed by atoms with Crippen molar-refractivity contribution >= 4 is 0 Å². The molecule has 0 saturated carbocycles. The van der Waals surface area contributed by atoms with Gasteiger partial charge in [0.25, 0.3) is 0 Å². The Morgan fingerprint density at radius 2 is 1.71 bits per heavy atom.